The molecular weight excluding hydrogens is 204 g/mol. The molecule has 1 unspecified atom stereocenters. The van der Waals surface area contributed by atoms with Crippen LogP contribution in [0.25, 0.3) is 0 Å². The number of hydrogen-bond acceptors (Lipinski definition) is 4. The molecule has 0 saturated carbocycles. The molecule has 5 heteroatoms. The smallest absolute Gasteiger partial charge is 0.252 e. The summed E-state index contributed by atoms with van der Waals surface area (Å²) in [6.45, 7) is 8.43. The van der Waals surface area contributed by atoms with E-state index in [4.69, 9.17) is 5.73 Å². The van der Waals surface area contributed by atoms with E-state index in [1.807, 2.05) is 6.92 Å². The van der Waals surface area contributed by atoms with Crippen LogP contribution >= 0.6 is 0 Å². The number of rotatable bonds is 4. The van der Waals surface area contributed by atoms with E-state index >= 15 is 0 Å². The van der Waals surface area contributed by atoms with Gasteiger partial charge in [0.25, 0.3) is 5.56 Å². The minimum absolute atomic E-state index is 0.155. The summed E-state index contributed by atoms with van der Waals surface area (Å²) in [6.07, 6.45) is 0. The molecule has 5 nitrogen and oxygen atoms in total. The zero-order valence-corrected chi connectivity index (χ0v) is 10.3. The second kappa shape index (κ2) is 4.65. The van der Waals surface area contributed by atoms with Gasteiger partial charge in [0.05, 0.1) is 5.54 Å². The lowest BCUT2D eigenvalue weighted by Gasteiger charge is -2.34. The molecule has 0 aliphatic carbocycles. The van der Waals surface area contributed by atoms with Gasteiger partial charge in [0.1, 0.15) is 11.6 Å². The zero-order chi connectivity index (χ0) is 12.3. The van der Waals surface area contributed by atoms with Crippen molar-refractivity contribution in [2.45, 2.75) is 33.2 Å². The topological polar surface area (TPSA) is 83.8 Å². The molecule has 0 fully saturated rings. The number of aromatic amines is 1. The molecule has 4 N–H and O–H groups in total. The fraction of sp³-hybridized carbons (Fsp3) is 0.636. The Morgan fingerprint density at radius 2 is 2.25 bits per heavy atom. The molecule has 1 rings (SSSR count). The number of nitrogens with two attached hydrogens (primary N) is 1. The van der Waals surface area contributed by atoms with E-state index in [2.05, 4.69) is 29.1 Å². The third kappa shape index (κ3) is 2.82. The predicted molar refractivity (Wildman–Crippen MR) is 65.5 cm³/mol. The summed E-state index contributed by atoms with van der Waals surface area (Å²) in [6, 6.07) is 1.45. The molecular formula is C11H20N4O. The third-order valence-electron chi connectivity index (χ3n) is 2.97. The van der Waals surface area contributed by atoms with Crippen molar-refractivity contribution in [1.82, 2.24) is 9.97 Å². The lowest BCUT2D eigenvalue weighted by atomic mass is 9.88. The summed E-state index contributed by atoms with van der Waals surface area (Å²) in [5, 5.41) is 3.23. The molecule has 0 aromatic carbocycles. The van der Waals surface area contributed by atoms with Crippen molar-refractivity contribution in [3.8, 4) is 0 Å². The molecule has 0 amide bonds. The molecule has 90 valence electrons. The van der Waals surface area contributed by atoms with Gasteiger partial charge in [-0.1, -0.05) is 13.8 Å². The summed E-state index contributed by atoms with van der Waals surface area (Å²) in [5.41, 5.74) is 5.34. The van der Waals surface area contributed by atoms with Gasteiger partial charge in [-0.3, -0.25) is 4.79 Å². The van der Waals surface area contributed by atoms with E-state index in [9.17, 15) is 4.79 Å². The van der Waals surface area contributed by atoms with E-state index in [1.165, 1.54) is 6.07 Å². The van der Waals surface area contributed by atoms with Gasteiger partial charge in [0.2, 0.25) is 0 Å². The Morgan fingerprint density at radius 3 is 2.69 bits per heavy atom. The highest BCUT2D eigenvalue weighted by Crippen LogP contribution is 2.19. The molecule has 1 aromatic heterocycles. The van der Waals surface area contributed by atoms with E-state index in [-0.39, 0.29) is 11.1 Å². The Bertz CT molecular complexity index is 413. The molecule has 1 aromatic rings. The van der Waals surface area contributed by atoms with Gasteiger partial charge in [0.15, 0.2) is 0 Å². The molecule has 0 aliphatic rings. The second-order valence-corrected chi connectivity index (χ2v) is 4.62. The fourth-order valence-corrected chi connectivity index (χ4v) is 1.37. The highest BCUT2D eigenvalue weighted by atomic mass is 16.1. The molecule has 1 atom stereocenters. The Morgan fingerprint density at radius 1 is 1.62 bits per heavy atom. The summed E-state index contributed by atoms with van der Waals surface area (Å²) in [5.74, 6) is 1.51. The van der Waals surface area contributed by atoms with Crippen LogP contribution in [0.1, 0.15) is 26.6 Å². The summed E-state index contributed by atoms with van der Waals surface area (Å²) >= 11 is 0. The first-order valence-corrected chi connectivity index (χ1v) is 5.43. The van der Waals surface area contributed by atoms with Crippen molar-refractivity contribution in [1.29, 1.82) is 0 Å². The Labute approximate surface area is 95.5 Å². The highest BCUT2D eigenvalue weighted by Gasteiger charge is 2.26. The van der Waals surface area contributed by atoms with Crippen LogP contribution in [-0.2, 0) is 0 Å². The largest absolute Gasteiger partial charge is 0.363 e. The number of anilines is 1. The third-order valence-corrected chi connectivity index (χ3v) is 2.97. The average Bonchev–Trinajstić information content (AvgIpc) is 2.15. The monoisotopic (exact) mass is 224 g/mol. The van der Waals surface area contributed by atoms with Gasteiger partial charge in [-0.25, -0.2) is 4.98 Å². The van der Waals surface area contributed by atoms with E-state index < -0.39 is 0 Å². The molecule has 0 aliphatic heterocycles. The summed E-state index contributed by atoms with van der Waals surface area (Å²) < 4.78 is 0. The highest BCUT2D eigenvalue weighted by molar-refractivity contribution is 5.37. The van der Waals surface area contributed by atoms with E-state index in [0.29, 0.717) is 24.1 Å². The average molecular weight is 224 g/mol. The normalized spacial score (nSPS) is 14.9. The van der Waals surface area contributed by atoms with Crippen molar-refractivity contribution >= 4 is 5.82 Å². The fourth-order valence-electron chi connectivity index (χ4n) is 1.37. The Hall–Kier alpha value is -1.36. The molecule has 0 spiro atoms. The molecule has 0 saturated heterocycles. The van der Waals surface area contributed by atoms with Crippen molar-refractivity contribution in [3.63, 3.8) is 0 Å². The van der Waals surface area contributed by atoms with Crippen LogP contribution < -0.4 is 16.6 Å². The van der Waals surface area contributed by atoms with Gasteiger partial charge < -0.3 is 16.0 Å². The van der Waals surface area contributed by atoms with Gasteiger partial charge >= 0.3 is 0 Å². The number of nitrogens with zero attached hydrogens (tertiary/aromatic N) is 1. The van der Waals surface area contributed by atoms with Gasteiger partial charge in [-0.2, -0.15) is 0 Å². The minimum atomic E-state index is -0.257. The lowest BCUT2D eigenvalue weighted by molar-refractivity contribution is 0.381. The number of H-pyrrole nitrogens is 1. The Kier molecular flexibility index (Phi) is 3.70. The first kappa shape index (κ1) is 12.7. The maximum absolute atomic E-state index is 11.3. The predicted octanol–water partition coefficient (Wildman–Crippen LogP) is 0.864. The van der Waals surface area contributed by atoms with Crippen LogP contribution in [0, 0.1) is 12.8 Å². The van der Waals surface area contributed by atoms with Gasteiger partial charge in [-0.15, -0.1) is 0 Å². The van der Waals surface area contributed by atoms with Gasteiger partial charge in [-0.05, 0) is 19.8 Å². The standard InChI is InChI=1S/C11H20N4O/c1-7(2)11(4,6-12)15-9-5-10(16)14-8(3)13-9/h5,7H,6,12H2,1-4H3,(H2,13,14,15,16). The van der Waals surface area contributed by atoms with Crippen molar-refractivity contribution in [2.75, 3.05) is 11.9 Å². The first-order valence-electron chi connectivity index (χ1n) is 5.43. The SMILES string of the molecule is Cc1nc(NC(C)(CN)C(C)C)cc(=O)[nH]1. The molecule has 1 heterocycles. The maximum atomic E-state index is 11.3. The lowest BCUT2D eigenvalue weighted by Crippen LogP contribution is -2.47. The first-order chi connectivity index (χ1) is 7.37. The van der Waals surface area contributed by atoms with Crippen molar-refractivity contribution < 1.29 is 0 Å². The maximum Gasteiger partial charge on any atom is 0.252 e. The molecule has 0 radical (unpaired) electrons. The van der Waals surface area contributed by atoms with Crippen molar-refractivity contribution in [3.05, 3.63) is 22.2 Å². The summed E-state index contributed by atoms with van der Waals surface area (Å²) in [4.78, 5) is 18.1. The summed E-state index contributed by atoms with van der Waals surface area (Å²) in [7, 11) is 0. The molecule has 0 bridgehead atoms. The van der Waals surface area contributed by atoms with Gasteiger partial charge in [0, 0.05) is 12.6 Å². The number of nitrogens with one attached hydrogen (secondary N) is 2. The van der Waals surface area contributed by atoms with Crippen LogP contribution in [0.3, 0.4) is 0 Å². The second-order valence-electron chi connectivity index (χ2n) is 4.62. The molecule has 16 heavy (non-hydrogen) atoms. The van der Waals surface area contributed by atoms with Crippen LogP contribution in [0.15, 0.2) is 10.9 Å². The zero-order valence-electron chi connectivity index (χ0n) is 10.3. The van der Waals surface area contributed by atoms with Crippen molar-refractivity contribution in [2.24, 2.45) is 11.7 Å². The number of aryl methyl sites for hydroxylation is 1. The number of aromatic nitrogens is 2. The van der Waals surface area contributed by atoms with E-state index in [0.717, 1.165) is 0 Å². The van der Waals surface area contributed by atoms with Crippen LogP contribution in [0.4, 0.5) is 5.82 Å². The number of hydrogen-bond donors (Lipinski definition) is 3. The Balaban J connectivity index is 2.99. The quantitative estimate of drug-likeness (QED) is 0.708. The van der Waals surface area contributed by atoms with E-state index in [1.54, 1.807) is 6.92 Å². The van der Waals surface area contributed by atoms with Crippen LogP contribution in [0.5, 0.6) is 0 Å². The van der Waals surface area contributed by atoms with Crippen LogP contribution in [-0.4, -0.2) is 22.1 Å². The minimum Gasteiger partial charge on any atom is -0.363 e. The van der Waals surface area contributed by atoms with Crippen LogP contribution in [0.2, 0.25) is 0 Å².